The highest BCUT2D eigenvalue weighted by Crippen LogP contribution is 2.38. The molecule has 0 aliphatic carbocycles. The Hall–Kier alpha value is -1.12. The molecule has 0 spiro atoms. The molecule has 0 aromatic heterocycles. The molecule has 1 atom stereocenters. The highest BCUT2D eigenvalue weighted by atomic mass is 16.5. The van der Waals surface area contributed by atoms with Gasteiger partial charge in [0.1, 0.15) is 0 Å². The van der Waals surface area contributed by atoms with Gasteiger partial charge in [-0.25, -0.2) is 0 Å². The van der Waals surface area contributed by atoms with Crippen molar-refractivity contribution in [3.05, 3.63) is 48.0 Å². The summed E-state index contributed by atoms with van der Waals surface area (Å²) in [7, 11) is 0. The number of hydrogen-bond acceptors (Lipinski definition) is 2. The van der Waals surface area contributed by atoms with Gasteiger partial charge in [-0.3, -0.25) is 0 Å². The van der Waals surface area contributed by atoms with Crippen molar-refractivity contribution in [2.75, 3.05) is 13.2 Å². The van der Waals surface area contributed by atoms with E-state index in [0.717, 1.165) is 38.9 Å². The number of allylic oxidation sites excluding steroid dienone is 1. The van der Waals surface area contributed by atoms with Gasteiger partial charge in [0.15, 0.2) is 0 Å². The van der Waals surface area contributed by atoms with Crippen LogP contribution in [0.1, 0.15) is 38.2 Å². The van der Waals surface area contributed by atoms with E-state index in [1.165, 1.54) is 11.1 Å². The minimum absolute atomic E-state index is 0.0783. The van der Waals surface area contributed by atoms with Gasteiger partial charge in [-0.15, -0.1) is 6.58 Å². The summed E-state index contributed by atoms with van der Waals surface area (Å²) in [6.45, 7) is 7.69. The number of hydrogen-bond donors (Lipinski definition) is 1. The smallest absolute Gasteiger partial charge is 0.0475 e. The Morgan fingerprint density at radius 3 is 2.53 bits per heavy atom. The third-order valence-electron chi connectivity index (χ3n) is 4.33. The first-order valence-electron chi connectivity index (χ1n) is 7.18. The normalized spacial score (nSPS) is 19.9. The standard InChI is InChI=1S/C17H25NO/c1-14(2)8-9-16(18)17(10-12-19-13-11-17)15-6-4-3-5-7-15/h3-7,16H,1,8-13,18H2,2H3. The van der Waals surface area contributed by atoms with Gasteiger partial charge in [0.2, 0.25) is 0 Å². The summed E-state index contributed by atoms with van der Waals surface area (Å²) in [5.41, 5.74) is 9.23. The maximum Gasteiger partial charge on any atom is 0.0475 e. The molecule has 1 fully saturated rings. The Labute approximate surface area is 116 Å². The van der Waals surface area contributed by atoms with E-state index in [9.17, 15) is 0 Å². The molecule has 1 aliphatic heterocycles. The van der Waals surface area contributed by atoms with Crippen LogP contribution in [0.3, 0.4) is 0 Å². The molecule has 2 rings (SSSR count). The fourth-order valence-corrected chi connectivity index (χ4v) is 3.06. The van der Waals surface area contributed by atoms with Crippen LogP contribution in [0, 0.1) is 0 Å². The molecular weight excluding hydrogens is 234 g/mol. The van der Waals surface area contributed by atoms with E-state index >= 15 is 0 Å². The van der Waals surface area contributed by atoms with Gasteiger partial charge >= 0.3 is 0 Å². The topological polar surface area (TPSA) is 35.2 Å². The summed E-state index contributed by atoms with van der Waals surface area (Å²) >= 11 is 0. The van der Waals surface area contributed by atoms with Crippen LogP contribution >= 0.6 is 0 Å². The minimum Gasteiger partial charge on any atom is -0.381 e. The van der Waals surface area contributed by atoms with Crippen LogP contribution in [0.5, 0.6) is 0 Å². The zero-order chi connectivity index (χ0) is 13.7. The molecule has 0 radical (unpaired) electrons. The zero-order valence-corrected chi connectivity index (χ0v) is 11.9. The van der Waals surface area contributed by atoms with Crippen molar-refractivity contribution < 1.29 is 4.74 Å². The summed E-state index contributed by atoms with van der Waals surface area (Å²) in [4.78, 5) is 0. The SMILES string of the molecule is C=C(C)CCC(N)C1(c2ccccc2)CCOCC1. The monoisotopic (exact) mass is 259 g/mol. The van der Waals surface area contributed by atoms with E-state index in [1.807, 2.05) is 0 Å². The van der Waals surface area contributed by atoms with Crippen LogP contribution in [0.4, 0.5) is 0 Å². The van der Waals surface area contributed by atoms with Crippen molar-refractivity contribution in [1.29, 1.82) is 0 Å². The van der Waals surface area contributed by atoms with Crippen LogP contribution in [0.15, 0.2) is 42.5 Å². The molecule has 1 heterocycles. The first-order valence-corrected chi connectivity index (χ1v) is 7.18. The van der Waals surface area contributed by atoms with Crippen LogP contribution in [0.2, 0.25) is 0 Å². The molecular formula is C17H25NO. The minimum atomic E-state index is 0.0783. The largest absolute Gasteiger partial charge is 0.381 e. The van der Waals surface area contributed by atoms with Crippen LogP contribution in [-0.2, 0) is 10.2 Å². The molecule has 0 saturated carbocycles. The van der Waals surface area contributed by atoms with E-state index in [4.69, 9.17) is 10.5 Å². The lowest BCUT2D eigenvalue weighted by Crippen LogP contribution is -2.49. The second kappa shape index (κ2) is 6.36. The summed E-state index contributed by atoms with van der Waals surface area (Å²) in [5, 5.41) is 0. The molecule has 2 heteroatoms. The molecule has 2 nitrogen and oxygen atoms in total. The van der Waals surface area contributed by atoms with Crippen LogP contribution in [-0.4, -0.2) is 19.3 Å². The quantitative estimate of drug-likeness (QED) is 0.822. The molecule has 1 aromatic carbocycles. The van der Waals surface area contributed by atoms with Crippen LogP contribution < -0.4 is 5.73 Å². The summed E-state index contributed by atoms with van der Waals surface area (Å²) in [6.07, 6.45) is 4.06. The van der Waals surface area contributed by atoms with E-state index in [-0.39, 0.29) is 11.5 Å². The number of ether oxygens (including phenoxy) is 1. The Morgan fingerprint density at radius 1 is 1.32 bits per heavy atom. The molecule has 1 unspecified atom stereocenters. The van der Waals surface area contributed by atoms with Gasteiger partial charge < -0.3 is 10.5 Å². The van der Waals surface area contributed by atoms with Gasteiger partial charge in [-0.05, 0) is 38.2 Å². The maximum atomic E-state index is 6.57. The lowest BCUT2D eigenvalue weighted by molar-refractivity contribution is 0.0389. The van der Waals surface area contributed by atoms with Gasteiger partial charge in [-0.1, -0.05) is 35.9 Å². The van der Waals surface area contributed by atoms with Gasteiger partial charge in [0.25, 0.3) is 0 Å². The third-order valence-corrected chi connectivity index (χ3v) is 4.33. The summed E-state index contributed by atoms with van der Waals surface area (Å²) < 4.78 is 5.55. The third kappa shape index (κ3) is 3.26. The van der Waals surface area contributed by atoms with Crippen molar-refractivity contribution in [2.24, 2.45) is 5.73 Å². The van der Waals surface area contributed by atoms with Crippen molar-refractivity contribution in [3.8, 4) is 0 Å². The number of nitrogens with two attached hydrogens (primary N) is 1. The predicted molar refractivity (Wildman–Crippen MR) is 80.2 cm³/mol. The van der Waals surface area contributed by atoms with Crippen molar-refractivity contribution in [2.45, 2.75) is 44.1 Å². The van der Waals surface area contributed by atoms with E-state index in [1.54, 1.807) is 0 Å². The van der Waals surface area contributed by atoms with Crippen LogP contribution in [0.25, 0.3) is 0 Å². The van der Waals surface area contributed by atoms with Crippen molar-refractivity contribution in [1.82, 2.24) is 0 Å². The average Bonchev–Trinajstić information content (AvgIpc) is 2.46. The van der Waals surface area contributed by atoms with E-state index in [0.29, 0.717) is 0 Å². The highest BCUT2D eigenvalue weighted by Gasteiger charge is 2.39. The lowest BCUT2D eigenvalue weighted by Gasteiger charge is -2.42. The fraction of sp³-hybridized carbons (Fsp3) is 0.529. The first kappa shape index (κ1) is 14.3. The molecule has 1 aromatic rings. The van der Waals surface area contributed by atoms with Gasteiger partial charge in [0, 0.05) is 24.7 Å². The molecule has 0 amide bonds. The van der Waals surface area contributed by atoms with Gasteiger partial charge in [0.05, 0.1) is 0 Å². The summed E-state index contributed by atoms with van der Waals surface area (Å²) in [5.74, 6) is 0. The van der Waals surface area contributed by atoms with Crippen molar-refractivity contribution >= 4 is 0 Å². The second-order valence-corrected chi connectivity index (χ2v) is 5.74. The number of benzene rings is 1. The molecule has 0 bridgehead atoms. The average molecular weight is 259 g/mol. The van der Waals surface area contributed by atoms with E-state index < -0.39 is 0 Å². The number of rotatable bonds is 5. The molecule has 1 aliphatic rings. The zero-order valence-electron chi connectivity index (χ0n) is 11.9. The molecule has 104 valence electrons. The van der Waals surface area contributed by atoms with Crippen molar-refractivity contribution in [3.63, 3.8) is 0 Å². The Kier molecular flexibility index (Phi) is 4.78. The first-order chi connectivity index (χ1) is 9.15. The highest BCUT2D eigenvalue weighted by molar-refractivity contribution is 5.28. The second-order valence-electron chi connectivity index (χ2n) is 5.74. The molecule has 1 saturated heterocycles. The fourth-order valence-electron chi connectivity index (χ4n) is 3.06. The molecule has 19 heavy (non-hydrogen) atoms. The Bertz CT molecular complexity index is 407. The Balaban J connectivity index is 2.21. The summed E-state index contributed by atoms with van der Waals surface area (Å²) in [6, 6.07) is 10.9. The lowest BCUT2D eigenvalue weighted by atomic mass is 9.67. The maximum absolute atomic E-state index is 6.57. The Morgan fingerprint density at radius 2 is 1.95 bits per heavy atom. The molecule has 2 N–H and O–H groups in total. The predicted octanol–water partition coefficient (Wildman–Crippen LogP) is 3.42. The van der Waals surface area contributed by atoms with E-state index in [2.05, 4.69) is 43.8 Å². The van der Waals surface area contributed by atoms with Gasteiger partial charge in [-0.2, -0.15) is 0 Å².